The number of benzene rings is 1. The van der Waals surface area contributed by atoms with Gasteiger partial charge in [0.1, 0.15) is 10.7 Å². The molecule has 0 bridgehead atoms. The smallest absolute Gasteiger partial charge is 0.269 e. The molecule has 1 amide bonds. The first kappa shape index (κ1) is 14.6. The number of hydrogen-bond acceptors (Lipinski definition) is 5. The Hall–Kier alpha value is -1.31. The standard InChI is InChI=1S/C13H12BrClN4OS/c14-6-1-4-9(8(15)5-6)18-12(20)10-11(16)19-13(21-10)17-7-2-3-7/h1,4-5,7H,2-3,16H2,(H,17,19)(H,18,20). The summed E-state index contributed by atoms with van der Waals surface area (Å²) in [6, 6.07) is 5.71. The number of anilines is 3. The van der Waals surface area contributed by atoms with Crippen LogP contribution in [0.1, 0.15) is 22.5 Å². The molecule has 1 aromatic heterocycles. The van der Waals surface area contributed by atoms with Gasteiger partial charge in [0.2, 0.25) is 0 Å². The fourth-order valence-electron chi connectivity index (χ4n) is 1.73. The van der Waals surface area contributed by atoms with Crippen LogP contribution in [-0.4, -0.2) is 16.9 Å². The summed E-state index contributed by atoms with van der Waals surface area (Å²) in [5.41, 5.74) is 6.35. The van der Waals surface area contributed by atoms with E-state index in [9.17, 15) is 4.79 Å². The highest BCUT2D eigenvalue weighted by atomic mass is 79.9. The van der Waals surface area contributed by atoms with Crippen molar-refractivity contribution < 1.29 is 4.79 Å². The monoisotopic (exact) mass is 386 g/mol. The lowest BCUT2D eigenvalue weighted by Gasteiger charge is -2.06. The first-order valence-electron chi connectivity index (χ1n) is 6.32. The summed E-state index contributed by atoms with van der Waals surface area (Å²) < 4.78 is 0.846. The number of thiazole rings is 1. The van der Waals surface area contributed by atoms with E-state index < -0.39 is 0 Å². The van der Waals surface area contributed by atoms with E-state index in [0.717, 1.165) is 17.3 Å². The number of halogens is 2. The predicted octanol–water partition coefficient (Wildman–Crippen LogP) is 3.97. The molecule has 0 spiro atoms. The number of nitrogens with one attached hydrogen (secondary N) is 2. The number of hydrogen-bond donors (Lipinski definition) is 3. The van der Waals surface area contributed by atoms with E-state index in [-0.39, 0.29) is 11.7 Å². The van der Waals surface area contributed by atoms with Crippen molar-refractivity contribution in [1.29, 1.82) is 0 Å². The SMILES string of the molecule is Nc1nc(NC2CC2)sc1C(=O)Nc1ccc(Br)cc1Cl. The molecule has 5 nitrogen and oxygen atoms in total. The molecule has 4 N–H and O–H groups in total. The molecule has 8 heteroatoms. The minimum atomic E-state index is -0.307. The molecule has 0 saturated heterocycles. The fourth-order valence-corrected chi connectivity index (χ4v) is 3.31. The van der Waals surface area contributed by atoms with Crippen LogP contribution in [0.2, 0.25) is 5.02 Å². The third-order valence-corrected chi connectivity index (χ3v) is 4.75. The van der Waals surface area contributed by atoms with Crippen LogP contribution in [0.4, 0.5) is 16.6 Å². The molecular weight excluding hydrogens is 376 g/mol. The molecule has 1 aromatic carbocycles. The molecule has 0 radical (unpaired) electrons. The third-order valence-electron chi connectivity index (χ3n) is 2.94. The van der Waals surface area contributed by atoms with E-state index in [1.165, 1.54) is 11.3 Å². The average Bonchev–Trinajstić information content (AvgIpc) is 3.15. The molecule has 1 aliphatic carbocycles. The molecule has 1 aliphatic rings. The molecule has 2 aromatic rings. The zero-order valence-corrected chi connectivity index (χ0v) is 14.0. The van der Waals surface area contributed by atoms with Crippen molar-refractivity contribution in [2.24, 2.45) is 0 Å². The predicted molar refractivity (Wildman–Crippen MR) is 90.3 cm³/mol. The van der Waals surface area contributed by atoms with Gasteiger partial charge < -0.3 is 16.4 Å². The number of aromatic nitrogens is 1. The Labute approximate surface area is 139 Å². The lowest BCUT2D eigenvalue weighted by molar-refractivity contribution is 0.103. The van der Waals surface area contributed by atoms with Crippen LogP contribution in [0.3, 0.4) is 0 Å². The summed E-state index contributed by atoms with van der Waals surface area (Å²) in [5, 5.41) is 7.12. The fraction of sp³-hybridized carbons (Fsp3) is 0.231. The lowest BCUT2D eigenvalue weighted by atomic mass is 10.3. The molecule has 1 heterocycles. The Morgan fingerprint density at radius 1 is 1.48 bits per heavy atom. The maximum Gasteiger partial charge on any atom is 0.269 e. The Morgan fingerprint density at radius 2 is 2.24 bits per heavy atom. The Morgan fingerprint density at radius 3 is 2.90 bits per heavy atom. The summed E-state index contributed by atoms with van der Waals surface area (Å²) in [5.74, 6) is -0.0769. The maximum absolute atomic E-state index is 12.3. The van der Waals surface area contributed by atoms with Crippen LogP contribution in [0.25, 0.3) is 0 Å². The number of nitrogens with zero attached hydrogens (tertiary/aromatic N) is 1. The van der Waals surface area contributed by atoms with Gasteiger partial charge in [-0.25, -0.2) is 4.98 Å². The van der Waals surface area contributed by atoms with Crippen LogP contribution >= 0.6 is 38.9 Å². The van der Waals surface area contributed by atoms with Gasteiger partial charge >= 0.3 is 0 Å². The van der Waals surface area contributed by atoms with Gasteiger partial charge in [-0.1, -0.05) is 38.9 Å². The minimum Gasteiger partial charge on any atom is -0.382 e. The van der Waals surface area contributed by atoms with Gasteiger partial charge in [0.25, 0.3) is 5.91 Å². The summed E-state index contributed by atoms with van der Waals surface area (Å²) in [4.78, 5) is 16.8. The van der Waals surface area contributed by atoms with Gasteiger partial charge in [-0.05, 0) is 31.0 Å². The van der Waals surface area contributed by atoms with Crippen molar-refractivity contribution in [2.45, 2.75) is 18.9 Å². The van der Waals surface area contributed by atoms with Crippen LogP contribution < -0.4 is 16.4 Å². The summed E-state index contributed by atoms with van der Waals surface area (Å²) in [6.07, 6.45) is 2.27. The second kappa shape index (κ2) is 5.82. The highest BCUT2D eigenvalue weighted by Crippen LogP contribution is 2.32. The molecule has 1 fully saturated rings. The van der Waals surface area contributed by atoms with Crippen LogP contribution in [-0.2, 0) is 0 Å². The van der Waals surface area contributed by atoms with Crippen LogP contribution in [0.15, 0.2) is 22.7 Å². The van der Waals surface area contributed by atoms with Crippen molar-refractivity contribution >= 4 is 61.4 Å². The van der Waals surface area contributed by atoms with Gasteiger partial charge in [-0.2, -0.15) is 0 Å². The quantitative estimate of drug-likeness (QED) is 0.741. The molecule has 1 saturated carbocycles. The molecule has 3 rings (SSSR count). The van der Waals surface area contributed by atoms with Gasteiger partial charge in [-0.15, -0.1) is 0 Å². The molecular formula is C13H12BrClN4OS. The van der Waals surface area contributed by atoms with Crippen molar-refractivity contribution in [3.8, 4) is 0 Å². The number of nitrogens with two attached hydrogens (primary N) is 1. The van der Waals surface area contributed by atoms with Crippen molar-refractivity contribution in [3.63, 3.8) is 0 Å². The van der Waals surface area contributed by atoms with E-state index >= 15 is 0 Å². The summed E-state index contributed by atoms with van der Waals surface area (Å²) in [7, 11) is 0. The molecule has 0 unspecified atom stereocenters. The summed E-state index contributed by atoms with van der Waals surface area (Å²) >= 11 is 10.7. The Kier molecular flexibility index (Phi) is 4.05. The number of rotatable bonds is 4. The van der Waals surface area contributed by atoms with Crippen LogP contribution in [0, 0.1) is 0 Å². The van der Waals surface area contributed by atoms with Crippen LogP contribution in [0.5, 0.6) is 0 Å². The van der Waals surface area contributed by atoms with Gasteiger partial charge in [0.05, 0.1) is 10.7 Å². The van der Waals surface area contributed by atoms with Gasteiger partial charge in [-0.3, -0.25) is 4.79 Å². The first-order valence-corrected chi connectivity index (χ1v) is 8.31. The highest BCUT2D eigenvalue weighted by molar-refractivity contribution is 9.10. The molecule has 110 valence electrons. The molecule has 0 aliphatic heterocycles. The highest BCUT2D eigenvalue weighted by Gasteiger charge is 2.24. The lowest BCUT2D eigenvalue weighted by Crippen LogP contribution is -2.12. The van der Waals surface area contributed by atoms with E-state index in [0.29, 0.717) is 26.8 Å². The zero-order chi connectivity index (χ0) is 15.0. The van der Waals surface area contributed by atoms with E-state index in [1.54, 1.807) is 18.2 Å². The second-order valence-electron chi connectivity index (χ2n) is 4.73. The second-order valence-corrected chi connectivity index (χ2v) is 7.05. The first-order chi connectivity index (χ1) is 10.0. The largest absolute Gasteiger partial charge is 0.382 e. The van der Waals surface area contributed by atoms with Crippen molar-refractivity contribution in [3.05, 3.63) is 32.6 Å². The zero-order valence-electron chi connectivity index (χ0n) is 10.8. The van der Waals surface area contributed by atoms with Crippen molar-refractivity contribution in [1.82, 2.24) is 4.98 Å². The van der Waals surface area contributed by atoms with E-state index in [4.69, 9.17) is 17.3 Å². The number of carbonyl (C=O) groups excluding carboxylic acids is 1. The normalized spacial score (nSPS) is 14.0. The summed E-state index contributed by atoms with van der Waals surface area (Å²) in [6.45, 7) is 0. The van der Waals surface area contributed by atoms with Gasteiger partial charge in [0, 0.05) is 10.5 Å². The molecule has 21 heavy (non-hydrogen) atoms. The third kappa shape index (κ3) is 3.48. The van der Waals surface area contributed by atoms with E-state index in [1.807, 2.05) is 0 Å². The van der Waals surface area contributed by atoms with E-state index in [2.05, 4.69) is 31.5 Å². The number of carbonyl (C=O) groups is 1. The number of amides is 1. The maximum atomic E-state index is 12.3. The Bertz CT molecular complexity index is 701. The topological polar surface area (TPSA) is 80.0 Å². The van der Waals surface area contributed by atoms with Crippen molar-refractivity contribution in [2.75, 3.05) is 16.4 Å². The van der Waals surface area contributed by atoms with Gasteiger partial charge in [0.15, 0.2) is 5.13 Å². The number of nitrogen functional groups attached to an aromatic ring is 1. The Balaban J connectivity index is 1.76. The molecule has 0 atom stereocenters. The minimum absolute atomic E-state index is 0.230. The average molecular weight is 388 g/mol.